The van der Waals surface area contributed by atoms with Crippen molar-refractivity contribution in [3.63, 3.8) is 0 Å². The van der Waals surface area contributed by atoms with Crippen molar-refractivity contribution in [3.8, 4) is 11.5 Å². The molecule has 0 unspecified atom stereocenters. The molecule has 0 saturated carbocycles. The van der Waals surface area contributed by atoms with Crippen molar-refractivity contribution in [1.29, 1.82) is 0 Å². The van der Waals surface area contributed by atoms with Crippen LogP contribution in [0.2, 0.25) is 0 Å². The zero-order valence-electron chi connectivity index (χ0n) is 17.8. The van der Waals surface area contributed by atoms with Gasteiger partial charge in [-0.15, -0.1) is 0 Å². The molecule has 9 heteroatoms. The number of hydrogen-bond acceptors (Lipinski definition) is 5. The molecule has 7 nitrogen and oxygen atoms in total. The number of amides is 1. The van der Waals surface area contributed by atoms with Gasteiger partial charge in [-0.1, -0.05) is 18.2 Å². The summed E-state index contributed by atoms with van der Waals surface area (Å²) in [6.07, 6.45) is 1.05. The molecule has 0 heterocycles. The average molecular weight is 459 g/mol. The molecule has 0 atom stereocenters. The summed E-state index contributed by atoms with van der Waals surface area (Å²) in [7, 11) is -0.674. The first-order chi connectivity index (χ1) is 15.2. The molecule has 3 aromatic carbocycles. The Balaban J connectivity index is 1.80. The highest BCUT2D eigenvalue weighted by Crippen LogP contribution is 2.30. The molecule has 3 aromatic rings. The molecule has 0 bridgehead atoms. The molecule has 0 aromatic heterocycles. The van der Waals surface area contributed by atoms with Gasteiger partial charge in [0.05, 0.1) is 32.7 Å². The molecule has 1 amide bonds. The van der Waals surface area contributed by atoms with E-state index in [0.29, 0.717) is 28.4 Å². The maximum atomic E-state index is 14.0. The first-order valence-corrected chi connectivity index (χ1v) is 11.4. The summed E-state index contributed by atoms with van der Waals surface area (Å²) in [5.41, 5.74) is 1.39. The molecule has 0 fully saturated rings. The first kappa shape index (κ1) is 23.1. The van der Waals surface area contributed by atoms with E-state index in [4.69, 9.17) is 9.47 Å². The number of nitrogens with one attached hydrogen (secondary N) is 1. The number of rotatable bonds is 8. The van der Waals surface area contributed by atoms with Gasteiger partial charge in [-0.25, -0.2) is 12.8 Å². The van der Waals surface area contributed by atoms with Crippen molar-refractivity contribution >= 4 is 27.3 Å². The lowest BCUT2D eigenvalue weighted by Gasteiger charge is -2.23. The van der Waals surface area contributed by atoms with Gasteiger partial charge in [-0.05, 0) is 42.5 Å². The number of anilines is 2. The predicted molar refractivity (Wildman–Crippen MR) is 121 cm³/mol. The van der Waals surface area contributed by atoms with E-state index in [2.05, 4.69) is 5.32 Å². The summed E-state index contributed by atoms with van der Waals surface area (Å²) in [6.45, 7) is -0.164. The second-order valence-corrected chi connectivity index (χ2v) is 8.84. The number of methoxy groups -OCH3 is 2. The van der Waals surface area contributed by atoms with E-state index in [1.807, 2.05) is 0 Å². The normalized spacial score (nSPS) is 11.0. The summed E-state index contributed by atoms with van der Waals surface area (Å²) >= 11 is 0. The van der Waals surface area contributed by atoms with Crippen LogP contribution >= 0.6 is 0 Å². The first-order valence-electron chi connectivity index (χ1n) is 9.57. The third-order valence-electron chi connectivity index (χ3n) is 4.73. The Hall–Kier alpha value is -3.59. The van der Waals surface area contributed by atoms with Crippen molar-refractivity contribution in [1.82, 2.24) is 0 Å². The van der Waals surface area contributed by atoms with E-state index in [1.54, 1.807) is 24.3 Å². The third kappa shape index (κ3) is 5.36. The lowest BCUT2D eigenvalue weighted by molar-refractivity contribution is 0.102. The molecule has 168 valence electrons. The van der Waals surface area contributed by atoms with Crippen LogP contribution in [0, 0.1) is 5.82 Å². The zero-order chi connectivity index (χ0) is 23.3. The minimum absolute atomic E-state index is 0.164. The van der Waals surface area contributed by atoms with Crippen LogP contribution in [-0.2, 0) is 16.6 Å². The Morgan fingerprint density at radius 2 is 1.62 bits per heavy atom. The topological polar surface area (TPSA) is 84.9 Å². The van der Waals surface area contributed by atoms with Gasteiger partial charge in [0.15, 0.2) is 11.5 Å². The number of carbonyl (C=O) groups excluding carboxylic acids is 1. The van der Waals surface area contributed by atoms with E-state index < -0.39 is 15.8 Å². The van der Waals surface area contributed by atoms with Crippen LogP contribution in [0.25, 0.3) is 0 Å². The monoisotopic (exact) mass is 458 g/mol. The Kier molecular flexibility index (Phi) is 6.99. The van der Waals surface area contributed by atoms with E-state index in [9.17, 15) is 17.6 Å². The quantitative estimate of drug-likeness (QED) is 0.550. The Bertz CT molecular complexity index is 1210. The van der Waals surface area contributed by atoms with Gasteiger partial charge in [-0.2, -0.15) is 0 Å². The largest absolute Gasteiger partial charge is 0.493 e. The standard InChI is InChI=1S/C23H23FN2O5S/c1-30-21-13-10-18(14-22(21)31-2)25-23(27)16-8-11-19(12-9-16)26(32(3,28)29)15-17-6-4-5-7-20(17)24/h4-14H,15H2,1-3H3,(H,25,27). The van der Waals surface area contributed by atoms with Crippen LogP contribution in [-0.4, -0.2) is 34.8 Å². The van der Waals surface area contributed by atoms with E-state index in [0.717, 1.165) is 10.6 Å². The van der Waals surface area contributed by atoms with E-state index >= 15 is 0 Å². The zero-order valence-corrected chi connectivity index (χ0v) is 18.6. The van der Waals surface area contributed by atoms with Gasteiger partial charge in [0.25, 0.3) is 5.91 Å². The molecule has 0 radical (unpaired) electrons. The van der Waals surface area contributed by atoms with Gasteiger partial charge in [0, 0.05) is 22.9 Å². The van der Waals surface area contributed by atoms with Crippen LogP contribution in [0.3, 0.4) is 0 Å². The molecular weight excluding hydrogens is 435 g/mol. The highest BCUT2D eigenvalue weighted by Gasteiger charge is 2.20. The van der Waals surface area contributed by atoms with Gasteiger partial charge >= 0.3 is 0 Å². The predicted octanol–water partition coefficient (Wildman–Crippen LogP) is 4.06. The molecule has 0 saturated heterocycles. The summed E-state index contributed by atoms with van der Waals surface area (Å²) < 4.78 is 50.2. The number of nitrogens with zero attached hydrogens (tertiary/aromatic N) is 1. The number of hydrogen-bond donors (Lipinski definition) is 1. The molecular formula is C23H23FN2O5S. The van der Waals surface area contributed by atoms with Crippen LogP contribution in [0.1, 0.15) is 15.9 Å². The minimum atomic E-state index is -3.69. The fourth-order valence-corrected chi connectivity index (χ4v) is 3.96. The van der Waals surface area contributed by atoms with E-state index in [1.165, 1.54) is 56.7 Å². The Morgan fingerprint density at radius 3 is 2.22 bits per heavy atom. The van der Waals surface area contributed by atoms with Gasteiger partial charge in [0.1, 0.15) is 5.82 Å². The number of halogens is 1. The summed E-state index contributed by atoms with van der Waals surface area (Å²) in [4.78, 5) is 12.6. The number of ether oxygens (including phenoxy) is 2. The van der Waals surface area contributed by atoms with Crippen LogP contribution in [0.4, 0.5) is 15.8 Å². The lowest BCUT2D eigenvalue weighted by Crippen LogP contribution is -2.29. The number of carbonyl (C=O) groups is 1. The van der Waals surface area contributed by atoms with Gasteiger partial charge < -0.3 is 14.8 Å². The number of benzene rings is 3. The summed E-state index contributed by atoms with van der Waals surface area (Å²) in [5, 5.41) is 2.75. The average Bonchev–Trinajstić information content (AvgIpc) is 2.77. The third-order valence-corrected chi connectivity index (χ3v) is 5.87. The molecule has 0 spiro atoms. The number of sulfonamides is 1. The van der Waals surface area contributed by atoms with Gasteiger partial charge in [0.2, 0.25) is 10.0 Å². The Morgan fingerprint density at radius 1 is 0.969 bits per heavy atom. The van der Waals surface area contributed by atoms with Crippen molar-refractivity contribution in [2.75, 3.05) is 30.1 Å². The molecule has 0 aliphatic carbocycles. The summed E-state index contributed by atoms with van der Waals surface area (Å²) in [5.74, 6) is 0.124. The maximum Gasteiger partial charge on any atom is 0.255 e. The molecule has 0 aliphatic heterocycles. The molecule has 32 heavy (non-hydrogen) atoms. The summed E-state index contributed by atoms with van der Waals surface area (Å²) in [6, 6.07) is 17.0. The van der Waals surface area contributed by atoms with Crippen molar-refractivity contribution in [2.45, 2.75) is 6.54 Å². The van der Waals surface area contributed by atoms with Crippen LogP contribution in [0.5, 0.6) is 11.5 Å². The van der Waals surface area contributed by atoms with Crippen molar-refractivity contribution < 1.29 is 27.1 Å². The van der Waals surface area contributed by atoms with E-state index in [-0.39, 0.29) is 18.0 Å². The SMILES string of the molecule is COc1ccc(NC(=O)c2ccc(N(Cc3ccccc3F)S(C)(=O)=O)cc2)cc1OC. The second kappa shape index (κ2) is 9.69. The highest BCUT2D eigenvalue weighted by atomic mass is 32.2. The second-order valence-electron chi connectivity index (χ2n) is 6.93. The van der Waals surface area contributed by atoms with Gasteiger partial charge in [-0.3, -0.25) is 9.10 Å². The molecule has 1 N–H and O–H groups in total. The lowest BCUT2D eigenvalue weighted by atomic mass is 10.1. The minimum Gasteiger partial charge on any atom is -0.493 e. The fraction of sp³-hybridized carbons (Fsp3) is 0.174. The van der Waals surface area contributed by atoms with Crippen molar-refractivity contribution in [2.24, 2.45) is 0 Å². The van der Waals surface area contributed by atoms with Crippen molar-refractivity contribution in [3.05, 3.63) is 83.7 Å². The van der Waals surface area contributed by atoms with Crippen LogP contribution in [0.15, 0.2) is 66.7 Å². The molecule has 0 aliphatic rings. The Labute approximate surface area is 186 Å². The molecule has 3 rings (SSSR count). The van der Waals surface area contributed by atoms with Crippen LogP contribution < -0.4 is 19.1 Å². The smallest absolute Gasteiger partial charge is 0.255 e. The highest BCUT2D eigenvalue weighted by molar-refractivity contribution is 7.92. The fourth-order valence-electron chi connectivity index (χ4n) is 3.08. The maximum absolute atomic E-state index is 14.0.